The van der Waals surface area contributed by atoms with E-state index in [1.165, 1.54) is 12.1 Å². The third-order valence-corrected chi connectivity index (χ3v) is 2.16. The van der Waals surface area contributed by atoms with Gasteiger partial charge in [-0.2, -0.15) is 0 Å². The number of halogens is 1. The van der Waals surface area contributed by atoms with Crippen LogP contribution in [0.4, 0.5) is 10.1 Å². The molecule has 15 heavy (non-hydrogen) atoms. The Morgan fingerprint density at radius 2 is 2.27 bits per heavy atom. The Labute approximate surface area is 88.5 Å². The van der Waals surface area contributed by atoms with Gasteiger partial charge in [0.15, 0.2) is 0 Å². The van der Waals surface area contributed by atoms with Crippen LogP contribution in [0.1, 0.15) is 18.9 Å². The molecule has 82 valence electrons. The summed E-state index contributed by atoms with van der Waals surface area (Å²) in [7, 11) is 0. The summed E-state index contributed by atoms with van der Waals surface area (Å²) >= 11 is 0. The van der Waals surface area contributed by atoms with E-state index in [1.807, 2.05) is 0 Å². The summed E-state index contributed by atoms with van der Waals surface area (Å²) in [5, 5.41) is 2.45. The first-order chi connectivity index (χ1) is 7.04. The van der Waals surface area contributed by atoms with Gasteiger partial charge in [-0.25, -0.2) is 4.39 Å². The summed E-state index contributed by atoms with van der Waals surface area (Å²) in [5.41, 5.74) is 6.50. The average molecular weight is 210 g/mol. The van der Waals surface area contributed by atoms with Crippen molar-refractivity contribution in [3.63, 3.8) is 0 Å². The molecule has 3 N–H and O–H groups in total. The Morgan fingerprint density at radius 1 is 1.60 bits per heavy atom. The molecule has 0 heterocycles. The molecule has 0 saturated heterocycles. The number of anilines is 1. The summed E-state index contributed by atoms with van der Waals surface area (Å²) < 4.78 is 13.3. The summed E-state index contributed by atoms with van der Waals surface area (Å²) in [4.78, 5) is 11.4. The first-order valence-corrected chi connectivity index (χ1v) is 4.87. The monoisotopic (exact) mass is 210 g/mol. The zero-order valence-corrected chi connectivity index (χ0v) is 8.88. The smallest absolute Gasteiger partial charge is 0.241 e. The van der Waals surface area contributed by atoms with Crippen molar-refractivity contribution >= 4 is 11.6 Å². The molecule has 0 aliphatic heterocycles. The van der Waals surface area contributed by atoms with Crippen molar-refractivity contribution in [3.05, 3.63) is 29.6 Å². The van der Waals surface area contributed by atoms with Gasteiger partial charge in [-0.3, -0.25) is 4.79 Å². The van der Waals surface area contributed by atoms with E-state index in [2.05, 4.69) is 5.32 Å². The summed E-state index contributed by atoms with van der Waals surface area (Å²) in [5.74, 6) is -0.799. The molecule has 1 aromatic carbocycles. The number of carbonyl (C=O) groups is 1. The molecule has 0 saturated carbocycles. The Balaban J connectivity index is 2.77. The van der Waals surface area contributed by atoms with Gasteiger partial charge in [0, 0.05) is 0 Å². The molecule has 0 aliphatic carbocycles. The minimum Gasteiger partial charge on any atom is -0.322 e. The molecule has 0 fully saturated rings. The van der Waals surface area contributed by atoms with Gasteiger partial charge in [0.2, 0.25) is 5.91 Å². The molecule has 3 nitrogen and oxygen atoms in total. The van der Waals surface area contributed by atoms with E-state index < -0.39 is 11.9 Å². The van der Waals surface area contributed by atoms with E-state index in [9.17, 15) is 9.18 Å². The second kappa shape index (κ2) is 4.89. The van der Waals surface area contributed by atoms with Crippen LogP contribution in [0.3, 0.4) is 0 Å². The van der Waals surface area contributed by atoms with Gasteiger partial charge in [-0.15, -0.1) is 0 Å². The number of nitrogens with one attached hydrogen (secondary N) is 1. The van der Waals surface area contributed by atoms with Gasteiger partial charge in [-0.05, 0) is 31.0 Å². The highest BCUT2D eigenvalue weighted by Crippen LogP contribution is 2.15. The minimum absolute atomic E-state index is 0.175. The van der Waals surface area contributed by atoms with E-state index in [-0.39, 0.29) is 11.6 Å². The van der Waals surface area contributed by atoms with E-state index >= 15 is 0 Å². The third-order valence-electron chi connectivity index (χ3n) is 2.16. The Kier molecular flexibility index (Phi) is 3.80. The Bertz CT molecular complexity index is 366. The molecule has 0 aliphatic rings. The second-order valence-corrected chi connectivity index (χ2v) is 3.49. The predicted molar refractivity (Wildman–Crippen MR) is 58.0 cm³/mol. The van der Waals surface area contributed by atoms with Crippen LogP contribution in [0.5, 0.6) is 0 Å². The maximum Gasteiger partial charge on any atom is 0.241 e. The zero-order valence-electron chi connectivity index (χ0n) is 8.88. The Morgan fingerprint density at radius 3 is 2.80 bits per heavy atom. The van der Waals surface area contributed by atoms with E-state index in [4.69, 9.17) is 5.73 Å². The molecule has 1 aromatic rings. The van der Waals surface area contributed by atoms with Gasteiger partial charge in [0.1, 0.15) is 5.82 Å². The van der Waals surface area contributed by atoms with Crippen LogP contribution in [0.25, 0.3) is 0 Å². The van der Waals surface area contributed by atoms with Crippen LogP contribution in [-0.4, -0.2) is 11.9 Å². The van der Waals surface area contributed by atoms with Crippen LogP contribution >= 0.6 is 0 Å². The zero-order chi connectivity index (χ0) is 11.4. The SMILES string of the molecule is CC[C@@H](N)C(=O)Nc1ccc(C)cc1F. The highest BCUT2D eigenvalue weighted by Gasteiger charge is 2.12. The number of rotatable bonds is 3. The van der Waals surface area contributed by atoms with Gasteiger partial charge in [0.25, 0.3) is 0 Å². The summed E-state index contributed by atoms with van der Waals surface area (Å²) in [6.45, 7) is 3.59. The van der Waals surface area contributed by atoms with Crippen molar-refractivity contribution < 1.29 is 9.18 Å². The minimum atomic E-state index is -0.592. The van der Waals surface area contributed by atoms with Crippen LogP contribution in [0.2, 0.25) is 0 Å². The fourth-order valence-electron chi connectivity index (χ4n) is 1.13. The lowest BCUT2D eigenvalue weighted by molar-refractivity contribution is -0.117. The normalized spacial score (nSPS) is 12.3. The van der Waals surface area contributed by atoms with E-state index in [0.29, 0.717) is 6.42 Å². The van der Waals surface area contributed by atoms with Crippen LogP contribution < -0.4 is 11.1 Å². The first-order valence-electron chi connectivity index (χ1n) is 4.87. The highest BCUT2D eigenvalue weighted by atomic mass is 19.1. The molecular formula is C11H15FN2O. The van der Waals surface area contributed by atoms with Gasteiger partial charge >= 0.3 is 0 Å². The van der Waals surface area contributed by atoms with Crippen molar-refractivity contribution in [2.24, 2.45) is 5.73 Å². The maximum absolute atomic E-state index is 13.3. The molecule has 1 atom stereocenters. The first kappa shape index (κ1) is 11.7. The molecule has 0 bridgehead atoms. The van der Waals surface area contributed by atoms with Gasteiger partial charge in [0.05, 0.1) is 11.7 Å². The van der Waals surface area contributed by atoms with E-state index in [1.54, 1.807) is 19.9 Å². The number of benzene rings is 1. The number of aryl methyl sites for hydroxylation is 1. The fourth-order valence-corrected chi connectivity index (χ4v) is 1.13. The summed E-state index contributed by atoms with van der Waals surface area (Å²) in [6.07, 6.45) is 0.527. The van der Waals surface area contributed by atoms with Crippen LogP contribution in [0.15, 0.2) is 18.2 Å². The predicted octanol–water partition coefficient (Wildman–Crippen LogP) is 1.81. The molecule has 4 heteroatoms. The van der Waals surface area contributed by atoms with Crippen LogP contribution in [0, 0.1) is 12.7 Å². The van der Waals surface area contributed by atoms with E-state index in [0.717, 1.165) is 5.56 Å². The fraction of sp³-hybridized carbons (Fsp3) is 0.364. The van der Waals surface area contributed by atoms with Crippen molar-refractivity contribution in [2.75, 3.05) is 5.32 Å². The topological polar surface area (TPSA) is 55.1 Å². The molecule has 0 spiro atoms. The van der Waals surface area contributed by atoms with Crippen molar-refractivity contribution in [3.8, 4) is 0 Å². The second-order valence-electron chi connectivity index (χ2n) is 3.49. The molecule has 1 rings (SSSR count). The van der Waals surface area contributed by atoms with Crippen LogP contribution in [-0.2, 0) is 4.79 Å². The molecule has 0 unspecified atom stereocenters. The summed E-state index contributed by atoms with van der Waals surface area (Å²) in [6, 6.07) is 4.04. The molecule has 0 radical (unpaired) electrons. The standard InChI is InChI=1S/C11H15FN2O/c1-3-9(13)11(15)14-10-5-4-7(2)6-8(10)12/h4-6,9H,3,13H2,1-2H3,(H,14,15)/t9-/m1/s1. The van der Waals surface area contributed by atoms with Gasteiger partial charge < -0.3 is 11.1 Å². The third kappa shape index (κ3) is 3.02. The number of hydrogen-bond donors (Lipinski definition) is 2. The van der Waals surface area contributed by atoms with Crippen molar-refractivity contribution in [2.45, 2.75) is 26.3 Å². The average Bonchev–Trinajstić information content (AvgIpc) is 2.20. The lowest BCUT2D eigenvalue weighted by atomic mass is 10.2. The van der Waals surface area contributed by atoms with Gasteiger partial charge in [-0.1, -0.05) is 13.0 Å². The molecule has 1 amide bonds. The molecular weight excluding hydrogens is 195 g/mol. The Hall–Kier alpha value is -1.42. The number of nitrogens with two attached hydrogens (primary N) is 1. The lowest BCUT2D eigenvalue weighted by Gasteiger charge is -2.10. The molecule has 0 aromatic heterocycles. The quantitative estimate of drug-likeness (QED) is 0.799. The largest absolute Gasteiger partial charge is 0.322 e. The number of amides is 1. The highest BCUT2D eigenvalue weighted by molar-refractivity contribution is 5.94. The maximum atomic E-state index is 13.3. The van der Waals surface area contributed by atoms with Crippen molar-refractivity contribution in [1.82, 2.24) is 0 Å². The lowest BCUT2D eigenvalue weighted by Crippen LogP contribution is -2.35. The number of hydrogen-bond acceptors (Lipinski definition) is 2. The number of carbonyl (C=O) groups excluding carboxylic acids is 1. The van der Waals surface area contributed by atoms with Crippen molar-refractivity contribution in [1.29, 1.82) is 0 Å².